The quantitative estimate of drug-likeness (QED) is 0.633. The molecule has 8 heteroatoms. The SMILES string of the molecule is CC(C)OCCOC(=O)c1ccc(Cl)c(S(N)(=O)=O)c1. The fraction of sp³-hybridized carbons (Fsp3) is 0.417. The first-order valence-electron chi connectivity index (χ1n) is 5.83. The maximum Gasteiger partial charge on any atom is 0.338 e. The Bertz CT molecular complexity index is 586. The first kappa shape index (κ1) is 16.9. The molecule has 0 saturated carbocycles. The lowest BCUT2D eigenvalue weighted by Crippen LogP contribution is -2.16. The van der Waals surface area contributed by atoms with Crippen LogP contribution in [0.1, 0.15) is 24.2 Å². The molecule has 20 heavy (non-hydrogen) atoms. The number of rotatable bonds is 6. The Labute approximate surface area is 122 Å². The number of primary sulfonamides is 1. The predicted molar refractivity (Wildman–Crippen MR) is 74.2 cm³/mol. The van der Waals surface area contributed by atoms with Crippen molar-refractivity contribution in [1.82, 2.24) is 0 Å². The van der Waals surface area contributed by atoms with E-state index in [9.17, 15) is 13.2 Å². The van der Waals surface area contributed by atoms with Crippen molar-refractivity contribution in [2.45, 2.75) is 24.8 Å². The molecule has 0 bridgehead atoms. The van der Waals surface area contributed by atoms with Gasteiger partial charge in [0.1, 0.15) is 11.5 Å². The number of ether oxygens (including phenoxy) is 2. The van der Waals surface area contributed by atoms with Gasteiger partial charge in [0, 0.05) is 0 Å². The summed E-state index contributed by atoms with van der Waals surface area (Å²) in [5.74, 6) is -0.668. The Kier molecular flexibility index (Phi) is 5.94. The Hall–Kier alpha value is -1.15. The van der Waals surface area contributed by atoms with Crippen molar-refractivity contribution in [3.8, 4) is 0 Å². The molecule has 0 spiro atoms. The number of benzene rings is 1. The average Bonchev–Trinajstić information content (AvgIpc) is 2.33. The Morgan fingerprint density at radius 3 is 2.55 bits per heavy atom. The molecule has 0 unspecified atom stereocenters. The van der Waals surface area contributed by atoms with Crippen LogP contribution in [-0.4, -0.2) is 33.7 Å². The van der Waals surface area contributed by atoms with Crippen LogP contribution in [0.5, 0.6) is 0 Å². The predicted octanol–water partition coefficient (Wildman–Crippen LogP) is 1.57. The zero-order valence-corrected chi connectivity index (χ0v) is 12.7. The van der Waals surface area contributed by atoms with Gasteiger partial charge in [-0.05, 0) is 32.0 Å². The van der Waals surface area contributed by atoms with E-state index in [0.717, 1.165) is 6.07 Å². The molecule has 0 amide bonds. The molecule has 1 aromatic carbocycles. The van der Waals surface area contributed by atoms with Crippen molar-refractivity contribution >= 4 is 27.6 Å². The highest BCUT2D eigenvalue weighted by atomic mass is 35.5. The van der Waals surface area contributed by atoms with Crippen LogP contribution in [0.15, 0.2) is 23.1 Å². The number of carbonyl (C=O) groups is 1. The number of hydrogen-bond acceptors (Lipinski definition) is 5. The monoisotopic (exact) mass is 321 g/mol. The van der Waals surface area contributed by atoms with Crippen LogP contribution >= 0.6 is 11.6 Å². The fourth-order valence-corrected chi connectivity index (χ4v) is 2.42. The molecule has 0 aliphatic heterocycles. The Morgan fingerprint density at radius 2 is 2.00 bits per heavy atom. The van der Waals surface area contributed by atoms with E-state index in [0.29, 0.717) is 0 Å². The first-order chi connectivity index (χ1) is 9.21. The van der Waals surface area contributed by atoms with Gasteiger partial charge >= 0.3 is 5.97 Å². The topological polar surface area (TPSA) is 95.7 Å². The summed E-state index contributed by atoms with van der Waals surface area (Å²) >= 11 is 5.72. The summed E-state index contributed by atoms with van der Waals surface area (Å²) in [5, 5.41) is 4.95. The minimum atomic E-state index is -3.99. The molecule has 1 rings (SSSR count). The minimum absolute atomic E-state index is 0.0400. The average molecular weight is 322 g/mol. The summed E-state index contributed by atoms with van der Waals surface area (Å²) in [6.45, 7) is 4.06. The van der Waals surface area contributed by atoms with Gasteiger partial charge in [0.25, 0.3) is 0 Å². The van der Waals surface area contributed by atoms with Crippen LogP contribution in [0, 0.1) is 0 Å². The lowest BCUT2D eigenvalue weighted by atomic mass is 10.2. The largest absolute Gasteiger partial charge is 0.460 e. The zero-order chi connectivity index (χ0) is 15.3. The van der Waals surface area contributed by atoms with E-state index in [2.05, 4.69) is 0 Å². The zero-order valence-electron chi connectivity index (χ0n) is 11.1. The van der Waals surface area contributed by atoms with E-state index in [1.165, 1.54) is 12.1 Å². The van der Waals surface area contributed by atoms with Crippen LogP contribution in [0.3, 0.4) is 0 Å². The lowest BCUT2D eigenvalue weighted by Gasteiger charge is -2.09. The number of hydrogen-bond donors (Lipinski definition) is 1. The van der Waals surface area contributed by atoms with Gasteiger partial charge < -0.3 is 9.47 Å². The van der Waals surface area contributed by atoms with E-state index < -0.39 is 16.0 Å². The van der Waals surface area contributed by atoms with Crippen LogP contribution < -0.4 is 5.14 Å². The van der Waals surface area contributed by atoms with Crippen molar-refractivity contribution < 1.29 is 22.7 Å². The Balaban J connectivity index is 2.75. The summed E-state index contributed by atoms with van der Waals surface area (Å²) in [4.78, 5) is 11.4. The molecule has 0 atom stereocenters. The van der Waals surface area contributed by atoms with Crippen molar-refractivity contribution in [3.63, 3.8) is 0 Å². The molecule has 0 saturated heterocycles. The first-order valence-corrected chi connectivity index (χ1v) is 7.75. The molecule has 1 aromatic rings. The van der Waals surface area contributed by atoms with E-state index in [1.807, 2.05) is 13.8 Å². The van der Waals surface area contributed by atoms with Gasteiger partial charge in [0.15, 0.2) is 0 Å². The van der Waals surface area contributed by atoms with Gasteiger partial charge in [0.05, 0.1) is 23.3 Å². The molecule has 6 nitrogen and oxygen atoms in total. The molecule has 0 heterocycles. The summed E-state index contributed by atoms with van der Waals surface area (Å²) < 4.78 is 32.7. The van der Waals surface area contributed by atoms with Crippen LogP contribution in [-0.2, 0) is 19.5 Å². The van der Waals surface area contributed by atoms with Gasteiger partial charge in [-0.2, -0.15) is 0 Å². The molecular weight excluding hydrogens is 306 g/mol. The number of carbonyl (C=O) groups excluding carboxylic acids is 1. The molecule has 0 aliphatic rings. The fourth-order valence-electron chi connectivity index (χ4n) is 1.35. The highest BCUT2D eigenvalue weighted by molar-refractivity contribution is 7.89. The Morgan fingerprint density at radius 1 is 1.35 bits per heavy atom. The number of sulfonamides is 1. The standard InChI is InChI=1S/C12H16ClNO5S/c1-8(2)18-5-6-19-12(15)9-3-4-10(13)11(7-9)20(14,16)17/h3-4,7-8H,5-6H2,1-2H3,(H2,14,16,17). The summed E-state index contributed by atoms with van der Waals surface area (Å²) in [7, 11) is -3.99. The van der Waals surface area contributed by atoms with Crippen molar-refractivity contribution in [2.75, 3.05) is 13.2 Å². The molecular formula is C12H16ClNO5S. The maximum atomic E-state index is 11.7. The second kappa shape index (κ2) is 7.03. The second-order valence-corrected chi connectivity index (χ2v) is 6.18. The van der Waals surface area contributed by atoms with Gasteiger partial charge in [-0.3, -0.25) is 0 Å². The maximum absolute atomic E-state index is 11.7. The van der Waals surface area contributed by atoms with Crippen LogP contribution in [0.25, 0.3) is 0 Å². The van der Waals surface area contributed by atoms with Crippen molar-refractivity contribution in [3.05, 3.63) is 28.8 Å². The minimum Gasteiger partial charge on any atom is -0.460 e. The second-order valence-electron chi connectivity index (χ2n) is 4.25. The van der Waals surface area contributed by atoms with Gasteiger partial charge in [-0.1, -0.05) is 11.6 Å². The number of esters is 1. The summed E-state index contributed by atoms with van der Waals surface area (Å²) in [5.41, 5.74) is 0.0583. The third-order valence-electron chi connectivity index (χ3n) is 2.24. The summed E-state index contributed by atoms with van der Waals surface area (Å²) in [6.07, 6.45) is 0.0400. The van der Waals surface area contributed by atoms with Crippen LogP contribution in [0.4, 0.5) is 0 Å². The molecule has 0 radical (unpaired) electrons. The van der Waals surface area contributed by atoms with Gasteiger partial charge in [0.2, 0.25) is 10.0 Å². The van der Waals surface area contributed by atoms with Crippen molar-refractivity contribution in [2.24, 2.45) is 5.14 Å². The number of halogens is 1. The third-order valence-corrected chi connectivity index (χ3v) is 3.63. The smallest absolute Gasteiger partial charge is 0.338 e. The van der Waals surface area contributed by atoms with E-state index in [-0.39, 0.29) is 34.8 Å². The number of nitrogens with two attached hydrogens (primary N) is 1. The van der Waals surface area contributed by atoms with Gasteiger partial charge in [-0.25, -0.2) is 18.4 Å². The third kappa shape index (κ3) is 5.09. The van der Waals surface area contributed by atoms with Crippen LogP contribution in [0.2, 0.25) is 5.02 Å². The summed E-state index contributed by atoms with van der Waals surface area (Å²) in [6, 6.07) is 3.73. The van der Waals surface area contributed by atoms with E-state index in [1.54, 1.807) is 0 Å². The molecule has 0 aliphatic carbocycles. The van der Waals surface area contributed by atoms with E-state index >= 15 is 0 Å². The highest BCUT2D eigenvalue weighted by Gasteiger charge is 2.17. The normalized spacial score (nSPS) is 11.7. The molecule has 0 aromatic heterocycles. The van der Waals surface area contributed by atoms with Crippen molar-refractivity contribution in [1.29, 1.82) is 0 Å². The molecule has 2 N–H and O–H groups in total. The lowest BCUT2D eigenvalue weighted by molar-refractivity contribution is 0.0177. The van der Waals surface area contributed by atoms with Gasteiger partial charge in [-0.15, -0.1) is 0 Å². The molecule has 112 valence electrons. The molecule has 0 fully saturated rings. The van der Waals surface area contributed by atoms with E-state index in [4.69, 9.17) is 26.2 Å². The highest BCUT2D eigenvalue weighted by Crippen LogP contribution is 2.21.